The number of amides is 1. The molecule has 104 valence electrons. The van der Waals surface area contributed by atoms with Crippen LogP contribution in [0, 0.1) is 0 Å². The van der Waals surface area contributed by atoms with Gasteiger partial charge >= 0.3 is 5.97 Å². The fourth-order valence-corrected chi connectivity index (χ4v) is 2.02. The molecule has 0 saturated heterocycles. The van der Waals surface area contributed by atoms with Crippen LogP contribution in [0.4, 0.5) is 0 Å². The maximum absolute atomic E-state index is 12.0. The monoisotopic (exact) mass is 285 g/mol. The van der Waals surface area contributed by atoms with Crippen molar-refractivity contribution < 1.29 is 23.1 Å². The highest BCUT2D eigenvalue weighted by Gasteiger charge is 2.22. The van der Waals surface area contributed by atoms with Crippen LogP contribution in [0.2, 0.25) is 0 Å². The van der Waals surface area contributed by atoms with Crippen LogP contribution in [0.25, 0.3) is 0 Å². The van der Waals surface area contributed by atoms with E-state index in [1.54, 1.807) is 0 Å². The quantitative estimate of drug-likeness (QED) is 0.876. The van der Waals surface area contributed by atoms with Gasteiger partial charge in [-0.3, -0.25) is 4.79 Å². The molecular formula is C12H15NO5S. The summed E-state index contributed by atoms with van der Waals surface area (Å²) in [7, 11) is -1.93. The summed E-state index contributed by atoms with van der Waals surface area (Å²) in [6.45, 7) is 1.39. The van der Waals surface area contributed by atoms with Gasteiger partial charge in [0.25, 0.3) is 5.91 Å². The number of nitrogens with zero attached hydrogens (tertiary/aromatic N) is 1. The minimum Gasteiger partial charge on any atom is -0.480 e. The number of carboxylic acids is 1. The molecular weight excluding hydrogens is 270 g/mol. The molecule has 1 unspecified atom stereocenters. The first-order valence-corrected chi connectivity index (χ1v) is 7.34. The predicted molar refractivity (Wildman–Crippen MR) is 68.7 cm³/mol. The van der Waals surface area contributed by atoms with E-state index in [4.69, 9.17) is 5.11 Å². The van der Waals surface area contributed by atoms with Crippen LogP contribution in [0.1, 0.15) is 17.3 Å². The fraction of sp³-hybridized carbons (Fsp3) is 0.333. The van der Waals surface area contributed by atoms with Crippen LogP contribution in [0.15, 0.2) is 29.2 Å². The van der Waals surface area contributed by atoms with Gasteiger partial charge in [-0.25, -0.2) is 13.2 Å². The first-order valence-electron chi connectivity index (χ1n) is 5.44. The Labute approximate surface area is 111 Å². The standard InChI is InChI=1S/C12H15NO5S/c1-8(12(15)16)13(2)11(14)9-4-6-10(7-5-9)19(3,17)18/h4-8H,1-3H3,(H,15,16). The summed E-state index contributed by atoms with van der Waals surface area (Å²) in [5.41, 5.74) is 0.239. The summed E-state index contributed by atoms with van der Waals surface area (Å²) in [6.07, 6.45) is 1.07. The fourth-order valence-electron chi connectivity index (χ4n) is 1.39. The molecule has 0 bridgehead atoms. The Bertz CT molecular complexity index is 591. The lowest BCUT2D eigenvalue weighted by Crippen LogP contribution is -2.40. The number of carbonyl (C=O) groups is 2. The molecule has 0 aromatic heterocycles. The number of carboxylic acid groups (broad SMARTS) is 1. The maximum atomic E-state index is 12.0. The molecule has 1 aromatic rings. The highest BCUT2D eigenvalue weighted by molar-refractivity contribution is 7.90. The van der Waals surface area contributed by atoms with Crippen LogP contribution >= 0.6 is 0 Å². The smallest absolute Gasteiger partial charge is 0.326 e. The molecule has 6 nitrogen and oxygen atoms in total. The predicted octanol–water partition coefficient (Wildman–Crippen LogP) is 0.635. The molecule has 0 aliphatic carbocycles. The Morgan fingerprint density at radius 1 is 1.21 bits per heavy atom. The van der Waals surface area contributed by atoms with Crippen LogP contribution < -0.4 is 0 Å². The molecule has 1 aromatic carbocycles. The number of hydrogen-bond acceptors (Lipinski definition) is 4. The van der Waals surface area contributed by atoms with Crippen molar-refractivity contribution in [3.63, 3.8) is 0 Å². The molecule has 7 heteroatoms. The van der Waals surface area contributed by atoms with Crippen LogP contribution in [0.3, 0.4) is 0 Å². The normalized spacial score (nSPS) is 12.8. The van der Waals surface area contributed by atoms with Crippen LogP contribution in [0.5, 0.6) is 0 Å². The van der Waals surface area contributed by atoms with Crippen molar-refractivity contribution in [2.75, 3.05) is 13.3 Å². The summed E-state index contributed by atoms with van der Waals surface area (Å²) in [5, 5.41) is 8.83. The Hall–Kier alpha value is -1.89. The summed E-state index contributed by atoms with van der Waals surface area (Å²) >= 11 is 0. The van der Waals surface area contributed by atoms with Gasteiger partial charge in [-0.2, -0.15) is 0 Å². The lowest BCUT2D eigenvalue weighted by Gasteiger charge is -2.21. The second-order valence-corrected chi connectivity index (χ2v) is 6.24. The van der Waals surface area contributed by atoms with E-state index in [2.05, 4.69) is 0 Å². The molecule has 0 spiro atoms. The number of rotatable bonds is 4. The third-order valence-corrected chi connectivity index (χ3v) is 3.92. The molecule has 0 aliphatic rings. The van der Waals surface area contributed by atoms with Crippen molar-refractivity contribution in [3.8, 4) is 0 Å². The molecule has 0 radical (unpaired) electrons. The van der Waals surface area contributed by atoms with E-state index in [-0.39, 0.29) is 10.5 Å². The first kappa shape index (κ1) is 15.2. The van der Waals surface area contributed by atoms with E-state index in [0.717, 1.165) is 11.2 Å². The van der Waals surface area contributed by atoms with Gasteiger partial charge in [0.1, 0.15) is 6.04 Å². The average Bonchev–Trinajstić information content (AvgIpc) is 2.35. The van der Waals surface area contributed by atoms with Crippen molar-refractivity contribution >= 4 is 21.7 Å². The van der Waals surface area contributed by atoms with Gasteiger partial charge in [-0.1, -0.05) is 0 Å². The molecule has 19 heavy (non-hydrogen) atoms. The molecule has 0 saturated carbocycles. The molecule has 1 rings (SSSR count). The van der Waals surface area contributed by atoms with E-state index in [1.807, 2.05) is 0 Å². The minimum absolute atomic E-state index is 0.109. The van der Waals surface area contributed by atoms with E-state index in [9.17, 15) is 18.0 Å². The summed E-state index contributed by atoms with van der Waals surface area (Å²) < 4.78 is 22.5. The second kappa shape index (κ2) is 5.40. The molecule has 0 heterocycles. The van der Waals surface area contributed by atoms with Gasteiger partial charge in [0, 0.05) is 18.9 Å². The van der Waals surface area contributed by atoms with Crippen molar-refractivity contribution in [1.29, 1.82) is 0 Å². The number of benzene rings is 1. The Morgan fingerprint density at radius 2 is 1.68 bits per heavy atom. The average molecular weight is 285 g/mol. The highest BCUT2D eigenvalue weighted by atomic mass is 32.2. The number of carbonyl (C=O) groups excluding carboxylic acids is 1. The van der Waals surface area contributed by atoms with Gasteiger partial charge in [-0.05, 0) is 31.2 Å². The Kier molecular flexibility index (Phi) is 4.31. The maximum Gasteiger partial charge on any atom is 0.326 e. The van der Waals surface area contributed by atoms with E-state index < -0.39 is 27.8 Å². The van der Waals surface area contributed by atoms with E-state index >= 15 is 0 Å². The third kappa shape index (κ3) is 3.54. The van der Waals surface area contributed by atoms with E-state index in [0.29, 0.717) is 0 Å². The number of hydrogen-bond donors (Lipinski definition) is 1. The molecule has 1 amide bonds. The van der Waals surface area contributed by atoms with Crippen molar-refractivity contribution in [2.45, 2.75) is 17.9 Å². The topological polar surface area (TPSA) is 91.8 Å². The summed E-state index contributed by atoms with van der Waals surface area (Å²) in [6, 6.07) is 4.42. The van der Waals surface area contributed by atoms with Crippen molar-refractivity contribution in [2.24, 2.45) is 0 Å². The zero-order valence-electron chi connectivity index (χ0n) is 10.8. The van der Waals surface area contributed by atoms with Gasteiger partial charge in [0.05, 0.1) is 4.90 Å². The number of sulfone groups is 1. The van der Waals surface area contributed by atoms with Gasteiger partial charge in [-0.15, -0.1) is 0 Å². The zero-order valence-corrected chi connectivity index (χ0v) is 11.6. The first-order chi connectivity index (χ1) is 8.64. The molecule has 0 fully saturated rings. The second-order valence-electron chi connectivity index (χ2n) is 4.23. The lowest BCUT2D eigenvalue weighted by atomic mass is 10.2. The number of likely N-dealkylation sites (N-methyl/N-ethyl adjacent to an activating group) is 1. The Morgan fingerprint density at radius 3 is 2.05 bits per heavy atom. The summed E-state index contributed by atoms with van der Waals surface area (Å²) in [5.74, 6) is -1.58. The van der Waals surface area contributed by atoms with Gasteiger partial charge < -0.3 is 10.0 Å². The number of aliphatic carboxylic acids is 1. The SMILES string of the molecule is CC(C(=O)O)N(C)C(=O)c1ccc(S(C)(=O)=O)cc1. The largest absolute Gasteiger partial charge is 0.480 e. The zero-order chi connectivity index (χ0) is 14.8. The lowest BCUT2D eigenvalue weighted by molar-refractivity contribution is -0.141. The van der Waals surface area contributed by atoms with Crippen LogP contribution in [-0.4, -0.2) is 49.6 Å². The molecule has 0 aliphatic heterocycles. The molecule has 1 atom stereocenters. The summed E-state index contributed by atoms with van der Waals surface area (Å²) in [4.78, 5) is 23.9. The van der Waals surface area contributed by atoms with Gasteiger partial charge in [0.15, 0.2) is 9.84 Å². The Balaban J connectivity index is 2.99. The van der Waals surface area contributed by atoms with Crippen molar-refractivity contribution in [1.82, 2.24) is 4.90 Å². The van der Waals surface area contributed by atoms with Crippen molar-refractivity contribution in [3.05, 3.63) is 29.8 Å². The van der Waals surface area contributed by atoms with Crippen LogP contribution in [-0.2, 0) is 14.6 Å². The molecule has 1 N–H and O–H groups in total. The third-order valence-electron chi connectivity index (χ3n) is 2.79. The highest BCUT2D eigenvalue weighted by Crippen LogP contribution is 2.12. The minimum atomic E-state index is -3.31. The van der Waals surface area contributed by atoms with E-state index in [1.165, 1.54) is 38.2 Å². The van der Waals surface area contributed by atoms with Gasteiger partial charge in [0.2, 0.25) is 0 Å².